The minimum absolute atomic E-state index is 0.0438. The van der Waals surface area contributed by atoms with Crippen LogP contribution in [-0.2, 0) is 4.79 Å². The highest BCUT2D eigenvalue weighted by atomic mass is 16.3. The molecule has 106 valence electrons. The van der Waals surface area contributed by atoms with Crippen molar-refractivity contribution in [1.82, 2.24) is 4.90 Å². The van der Waals surface area contributed by atoms with Crippen molar-refractivity contribution < 1.29 is 9.90 Å². The molecule has 2 rings (SSSR count). The molecule has 1 aromatic carbocycles. The van der Waals surface area contributed by atoms with Gasteiger partial charge in [0.2, 0.25) is 5.91 Å². The smallest absolute Gasteiger partial charge is 0.226 e. The Morgan fingerprint density at radius 3 is 2.60 bits per heavy atom. The number of hydrogen-bond acceptors (Lipinski definition) is 3. The topological polar surface area (TPSA) is 64.3 Å². The normalized spacial score (nSPS) is 16.6. The Hall–Kier alpha value is -1.86. The molecule has 1 atom stereocenters. The molecule has 1 aliphatic carbocycles. The second-order valence-corrected chi connectivity index (χ2v) is 5.25. The van der Waals surface area contributed by atoms with Crippen molar-refractivity contribution in [3.8, 4) is 6.07 Å². The van der Waals surface area contributed by atoms with E-state index >= 15 is 0 Å². The maximum atomic E-state index is 12.3. The van der Waals surface area contributed by atoms with Crippen molar-refractivity contribution in [3.63, 3.8) is 0 Å². The van der Waals surface area contributed by atoms with E-state index in [-0.39, 0.29) is 24.9 Å². The quantitative estimate of drug-likeness (QED) is 0.837. The highest BCUT2D eigenvalue weighted by Crippen LogP contribution is 2.25. The lowest BCUT2D eigenvalue weighted by Gasteiger charge is -2.27. The highest BCUT2D eigenvalue weighted by molar-refractivity contribution is 5.77. The van der Waals surface area contributed by atoms with Gasteiger partial charge in [-0.15, -0.1) is 0 Å². The molecule has 0 bridgehead atoms. The lowest BCUT2D eigenvalue weighted by atomic mass is 10.1. The van der Waals surface area contributed by atoms with E-state index in [1.165, 1.54) is 0 Å². The third-order valence-electron chi connectivity index (χ3n) is 3.88. The third-order valence-corrected chi connectivity index (χ3v) is 3.88. The fourth-order valence-electron chi connectivity index (χ4n) is 2.79. The Bertz CT molecular complexity index is 475. The van der Waals surface area contributed by atoms with Gasteiger partial charge in [0.15, 0.2) is 0 Å². The van der Waals surface area contributed by atoms with Crippen LogP contribution in [0.15, 0.2) is 30.3 Å². The second-order valence-electron chi connectivity index (χ2n) is 5.25. The molecule has 1 aromatic rings. The molecule has 1 amide bonds. The van der Waals surface area contributed by atoms with E-state index in [1.54, 1.807) is 4.90 Å². The number of benzene rings is 1. The van der Waals surface area contributed by atoms with Crippen LogP contribution in [0.4, 0.5) is 0 Å². The lowest BCUT2D eigenvalue weighted by molar-refractivity contribution is -0.134. The Morgan fingerprint density at radius 1 is 1.35 bits per heavy atom. The molecule has 0 heterocycles. The van der Waals surface area contributed by atoms with Crippen LogP contribution < -0.4 is 0 Å². The summed E-state index contributed by atoms with van der Waals surface area (Å²) in [5.41, 5.74) is 0.740. The molecule has 1 N–H and O–H groups in total. The van der Waals surface area contributed by atoms with E-state index in [4.69, 9.17) is 5.26 Å². The molecule has 1 aliphatic rings. The van der Waals surface area contributed by atoms with Crippen molar-refractivity contribution >= 4 is 5.91 Å². The summed E-state index contributed by atoms with van der Waals surface area (Å²) in [7, 11) is 0. The Balaban J connectivity index is 1.99. The van der Waals surface area contributed by atoms with Crippen molar-refractivity contribution in [2.45, 2.75) is 44.2 Å². The number of hydrogen-bond donors (Lipinski definition) is 1. The summed E-state index contributed by atoms with van der Waals surface area (Å²) in [5, 5.41) is 19.0. The fourth-order valence-corrected chi connectivity index (χ4v) is 2.79. The predicted molar refractivity (Wildman–Crippen MR) is 75.6 cm³/mol. The van der Waals surface area contributed by atoms with Gasteiger partial charge in [-0.1, -0.05) is 43.2 Å². The average molecular weight is 272 g/mol. The molecule has 0 aromatic heterocycles. The van der Waals surface area contributed by atoms with E-state index in [9.17, 15) is 9.90 Å². The lowest BCUT2D eigenvalue weighted by Crippen LogP contribution is -2.39. The third kappa shape index (κ3) is 3.58. The van der Waals surface area contributed by atoms with Crippen LogP contribution in [-0.4, -0.2) is 28.5 Å². The fraction of sp³-hybridized carbons (Fsp3) is 0.500. The van der Waals surface area contributed by atoms with Gasteiger partial charge in [0.25, 0.3) is 0 Å². The zero-order valence-corrected chi connectivity index (χ0v) is 11.5. The number of carbonyl (C=O) groups excluding carboxylic acids is 1. The van der Waals surface area contributed by atoms with Gasteiger partial charge in [0.05, 0.1) is 18.6 Å². The molecule has 0 radical (unpaired) electrons. The molecule has 20 heavy (non-hydrogen) atoms. The summed E-state index contributed by atoms with van der Waals surface area (Å²) in [6, 6.07) is 11.4. The van der Waals surface area contributed by atoms with Crippen LogP contribution in [0, 0.1) is 11.3 Å². The van der Waals surface area contributed by atoms with Gasteiger partial charge < -0.3 is 10.0 Å². The van der Waals surface area contributed by atoms with E-state index in [1.807, 2.05) is 30.3 Å². The van der Waals surface area contributed by atoms with Crippen molar-refractivity contribution in [1.29, 1.82) is 5.26 Å². The van der Waals surface area contributed by atoms with Crippen LogP contribution in [0.5, 0.6) is 0 Å². The van der Waals surface area contributed by atoms with E-state index in [0.29, 0.717) is 0 Å². The maximum absolute atomic E-state index is 12.3. The summed E-state index contributed by atoms with van der Waals surface area (Å²) in [6.07, 6.45) is 3.40. The first-order valence-corrected chi connectivity index (χ1v) is 7.12. The highest BCUT2D eigenvalue weighted by Gasteiger charge is 2.27. The number of amides is 1. The van der Waals surface area contributed by atoms with E-state index in [2.05, 4.69) is 6.07 Å². The zero-order chi connectivity index (χ0) is 14.4. The molecule has 4 nitrogen and oxygen atoms in total. The van der Waals surface area contributed by atoms with Gasteiger partial charge in [0, 0.05) is 6.04 Å². The van der Waals surface area contributed by atoms with Gasteiger partial charge in [-0.3, -0.25) is 4.79 Å². The molecule has 1 saturated carbocycles. The van der Waals surface area contributed by atoms with Crippen LogP contribution in [0.3, 0.4) is 0 Å². The van der Waals surface area contributed by atoms with Gasteiger partial charge in [-0.2, -0.15) is 5.26 Å². The molecule has 1 unspecified atom stereocenters. The second kappa shape index (κ2) is 7.06. The standard InChI is InChI=1S/C16H20N2O2/c17-10-11-18(14-8-4-5-9-14)16(20)12-15(19)13-6-2-1-3-7-13/h1-3,6-7,14-15,19H,4-5,8-9,11-12H2. The largest absolute Gasteiger partial charge is 0.388 e. The number of rotatable bonds is 5. The summed E-state index contributed by atoms with van der Waals surface area (Å²) in [4.78, 5) is 14.0. The molecule has 0 spiro atoms. The van der Waals surface area contributed by atoms with Crippen LogP contribution in [0.1, 0.15) is 43.8 Å². The summed E-state index contributed by atoms with van der Waals surface area (Å²) < 4.78 is 0. The predicted octanol–water partition coefficient (Wildman–Crippen LogP) is 2.40. The Kier molecular flexibility index (Phi) is 5.14. The van der Waals surface area contributed by atoms with Gasteiger partial charge in [0.1, 0.15) is 6.54 Å². The van der Waals surface area contributed by atoms with Crippen LogP contribution in [0.2, 0.25) is 0 Å². The first-order chi connectivity index (χ1) is 9.72. The number of carbonyl (C=O) groups is 1. The molecular weight excluding hydrogens is 252 g/mol. The number of nitriles is 1. The van der Waals surface area contributed by atoms with Gasteiger partial charge in [-0.05, 0) is 18.4 Å². The first-order valence-electron chi connectivity index (χ1n) is 7.12. The van der Waals surface area contributed by atoms with E-state index < -0.39 is 6.10 Å². The minimum atomic E-state index is -0.800. The molecule has 1 fully saturated rings. The maximum Gasteiger partial charge on any atom is 0.226 e. The Morgan fingerprint density at radius 2 is 2.00 bits per heavy atom. The first kappa shape index (κ1) is 14.5. The number of aliphatic hydroxyl groups excluding tert-OH is 1. The van der Waals surface area contributed by atoms with Crippen molar-refractivity contribution in [2.24, 2.45) is 0 Å². The van der Waals surface area contributed by atoms with Gasteiger partial charge in [-0.25, -0.2) is 0 Å². The SMILES string of the molecule is N#CCN(C(=O)CC(O)c1ccccc1)C1CCCC1. The zero-order valence-electron chi connectivity index (χ0n) is 11.5. The summed E-state index contributed by atoms with van der Waals surface area (Å²) in [6.45, 7) is 0.116. The summed E-state index contributed by atoms with van der Waals surface area (Å²) >= 11 is 0. The average Bonchev–Trinajstić information content (AvgIpc) is 2.99. The van der Waals surface area contributed by atoms with E-state index in [0.717, 1.165) is 31.2 Å². The molecule has 4 heteroatoms. The van der Waals surface area contributed by atoms with Crippen LogP contribution in [0.25, 0.3) is 0 Å². The molecular formula is C16H20N2O2. The van der Waals surface area contributed by atoms with Crippen molar-refractivity contribution in [3.05, 3.63) is 35.9 Å². The molecule has 0 saturated heterocycles. The number of aliphatic hydroxyl groups is 1. The Labute approximate surface area is 119 Å². The van der Waals surface area contributed by atoms with Crippen molar-refractivity contribution in [2.75, 3.05) is 6.54 Å². The van der Waals surface area contributed by atoms with Gasteiger partial charge >= 0.3 is 0 Å². The summed E-state index contributed by atoms with van der Waals surface area (Å²) in [5.74, 6) is -0.130. The monoisotopic (exact) mass is 272 g/mol. The number of nitrogens with zero attached hydrogens (tertiary/aromatic N) is 2. The molecule has 0 aliphatic heterocycles. The minimum Gasteiger partial charge on any atom is -0.388 e. The van der Waals surface area contributed by atoms with Crippen LogP contribution >= 0.6 is 0 Å².